The number of ether oxygens (including phenoxy) is 2. The van der Waals surface area contributed by atoms with Crippen molar-refractivity contribution in [2.75, 3.05) is 54.1 Å². The summed E-state index contributed by atoms with van der Waals surface area (Å²) in [5.74, 6) is -0.314. The van der Waals surface area contributed by atoms with E-state index in [9.17, 15) is 14.3 Å². The van der Waals surface area contributed by atoms with Crippen LogP contribution in [0, 0.1) is 0 Å². The second kappa shape index (κ2) is 29.9. The van der Waals surface area contributed by atoms with Crippen LogP contribution in [-0.4, -0.2) is 75.6 Å². The summed E-state index contributed by atoms with van der Waals surface area (Å²) in [5, 5.41) is 0. The Balaban J connectivity index is 4.16. The summed E-state index contributed by atoms with van der Waals surface area (Å²) in [4.78, 5) is 22.6. The summed E-state index contributed by atoms with van der Waals surface area (Å²) in [5.41, 5.74) is 0. The van der Waals surface area contributed by atoms with Gasteiger partial charge in [0.15, 0.2) is 0 Å². The highest BCUT2D eigenvalue weighted by molar-refractivity contribution is 7.47. The fourth-order valence-electron chi connectivity index (χ4n) is 5.02. The van der Waals surface area contributed by atoms with Crippen LogP contribution < -0.4 is 0 Å². The fraction of sp³-hybridized carbons (Fsp3) is 0.971. The van der Waals surface area contributed by atoms with Gasteiger partial charge in [-0.2, -0.15) is 0 Å². The number of hydrogen-bond donors (Lipinski definition) is 1. The van der Waals surface area contributed by atoms with Crippen molar-refractivity contribution >= 4 is 13.8 Å². The van der Waals surface area contributed by atoms with Gasteiger partial charge in [0.25, 0.3) is 0 Å². The number of phosphoric ester groups is 1. The molecule has 0 spiro atoms. The summed E-state index contributed by atoms with van der Waals surface area (Å²) in [6, 6.07) is 0. The first kappa shape index (κ1) is 43.5. The maximum atomic E-state index is 12.5. The highest BCUT2D eigenvalue weighted by Crippen LogP contribution is 2.43. The molecule has 0 aliphatic heterocycles. The van der Waals surface area contributed by atoms with Gasteiger partial charge in [-0.25, -0.2) is 4.57 Å². The van der Waals surface area contributed by atoms with Crippen molar-refractivity contribution in [3.05, 3.63) is 0 Å². The number of phosphoric acid groups is 1. The van der Waals surface area contributed by atoms with E-state index in [-0.39, 0.29) is 25.8 Å². The summed E-state index contributed by atoms with van der Waals surface area (Å²) < 4.78 is 34.6. The van der Waals surface area contributed by atoms with Gasteiger partial charge in [-0.1, -0.05) is 142 Å². The Morgan fingerprint density at radius 3 is 1.50 bits per heavy atom. The summed E-state index contributed by atoms with van der Waals surface area (Å²) in [6.07, 6.45) is 27.1. The number of hydrogen-bond acceptors (Lipinski definition) is 6. The van der Waals surface area contributed by atoms with Crippen LogP contribution in [0.5, 0.6) is 0 Å². The zero-order chi connectivity index (χ0) is 32.8. The quantitative estimate of drug-likeness (QED) is 0.0321. The number of carbonyl (C=O) groups is 1. The monoisotopic (exact) mass is 651 g/mol. The zero-order valence-electron chi connectivity index (χ0n) is 29.7. The van der Waals surface area contributed by atoms with Gasteiger partial charge in [-0.05, 0) is 12.8 Å². The van der Waals surface area contributed by atoms with Gasteiger partial charge < -0.3 is 18.9 Å². The highest BCUT2D eigenvalue weighted by atomic mass is 31.2. The highest BCUT2D eigenvalue weighted by Gasteiger charge is 2.26. The number of rotatable bonds is 34. The molecule has 0 aromatic heterocycles. The van der Waals surface area contributed by atoms with Crippen molar-refractivity contribution in [2.45, 2.75) is 168 Å². The lowest BCUT2D eigenvalue weighted by Gasteiger charge is -2.24. The molecule has 9 heteroatoms. The van der Waals surface area contributed by atoms with Crippen LogP contribution in [-0.2, 0) is 27.9 Å². The van der Waals surface area contributed by atoms with E-state index in [2.05, 4.69) is 13.8 Å². The van der Waals surface area contributed by atoms with E-state index in [4.69, 9.17) is 18.5 Å². The third kappa shape index (κ3) is 32.9. The van der Waals surface area contributed by atoms with Crippen LogP contribution in [0.15, 0.2) is 0 Å². The van der Waals surface area contributed by atoms with Crippen LogP contribution in [0.2, 0.25) is 0 Å². The number of carbonyl (C=O) groups excluding carboxylic acids is 1. The zero-order valence-corrected chi connectivity index (χ0v) is 30.6. The number of likely N-dealkylation sites (N-methyl/N-ethyl adjacent to an activating group) is 1. The van der Waals surface area contributed by atoms with Crippen LogP contribution >= 0.6 is 7.82 Å². The molecule has 44 heavy (non-hydrogen) atoms. The summed E-state index contributed by atoms with van der Waals surface area (Å²) in [6.45, 7) is 5.59. The Morgan fingerprint density at radius 1 is 0.614 bits per heavy atom. The molecule has 1 N–H and O–H groups in total. The van der Waals surface area contributed by atoms with Crippen LogP contribution in [0.25, 0.3) is 0 Å². The van der Waals surface area contributed by atoms with Gasteiger partial charge in [0.2, 0.25) is 0 Å². The lowest BCUT2D eigenvalue weighted by atomic mass is 10.0. The van der Waals surface area contributed by atoms with E-state index in [1.165, 1.54) is 109 Å². The second-order valence-electron chi connectivity index (χ2n) is 13.6. The van der Waals surface area contributed by atoms with E-state index in [0.29, 0.717) is 24.1 Å². The first-order chi connectivity index (χ1) is 21.1. The lowest BCUT2D eigenvalue weighted by molar-refractivity contribution is -0.870. The molecule has 0 aliphatic carbocycles. The van der Waals surface area contributed by atoms with Crippen molar-refractivity contribution in [3.63, 3.8) is 0 Å². The number of nitrogens with zero attached hydrogens (tertiary/aromatic N) is 1. The van der Waals surface area contributed by atoms with E-state index in [0.717, 1.165) is 32.1 Å². The molecular weight excluding hydrogens is 577 g/mol. The van der Waals surface area contributed by atoms with Crippen LogP contribution in [0.3, 0.4) is 0 Å². The van der Waals surface area contributed by atoms with Gasteiger partial charge in [0.05, 0.1) is 34.4 Å². The molecule has 2 atom stereocenters. The molecule has 0 heterocycles. The Labute approximate surface area is 272 Å². The average molecular weight is 651 g/mol. The van der Waals surface area contributed by atoms with Crippen molar-refractivity contribution in [1.82, 2.24) is 0 Å². The number of unbranched alkanes of at least 4 members (excludes halogenated alkanes) is 20. The minimum absolute atomic E-state index is 0.0928. The Morgan fingerprint density at radius 2 is 1.05 bits per heavy atom. The first-order valence-electron chi connectivity index (χ1n) is 18.3. The van der Waals surface area contributed by atoms with Crippen molar-refractivity contribution in [1.29, 1.82) is 0 Å². The maximum absolute atomic E-state index is 12.5. The third-order valence-corrected chi connectivity index (χ3v) is 8.90. The molecule has 264 valence electrons. The third-order valence-electron chi connectivity index (χ3n) is 7.92. The molecule has 8 nitrogen and oxygen atoms in total. The Bertz CT molecular complexity index is 686. The predicted octanol–water partition coefficient (Wildman–Crippen LogP) is 9.77. The number of quaternary nitrogens is 1. The minimum Gasteiger partial charge on any atom is -0.457 e. The molecule has 0 rings (SSSR count). The predicted molar refractivity (Wildman–Crippen MR) is 183 cm³/mol. The van der Waals surface area contributed by atoms with Gasteiger partial charge in [-0.15, -0.1) is 0 Å². The van der Waals surface area contributed by atoms with E-state index < -0.39 is 13.9 Å². The molecule has 0 fully saturated rings. The molecule has 2 unspecified atom stereocenters. The molecule has 0 saturated carbocycles. The minimum atomic E-state index is -4.25. The molecule has 0 aliphatic rings. The Kier molecular flexibility index (Phi) is 29.5. The van der Waals surface area contributed by atoms with Crippen molar-refractivity contribution < 1.29 is 37.3 Å². The summed E-state index contributed by atoms with van der Waals surface area (Å²) in [7, 11) is 1.68. The molecule has 0 radical (unpaired) electrons. The van der Waals surface area contributed by atoms with Gasteiger partial charge in [0, 0.05) is 13.0 Å². The maximum Gasteiger partial charge on any atom is 0.472 e. The summed E-state index contributed by atoms with van der Waals surface area (Å²) >= 11 is 0. The molecule has 0 saturated heterocycles. The van der Waals surface area contributed by atoms with Crippen molar-refractivity contribution in [3.8, 4) is 0 Å². The molecular formula is C35H73NO7P+. The molecule has 0 bridgehead atoms. The normalized spacial score (nSPS) is 14.0. The topological polar surface area (TPSA) is 91.3 Å². The molecule has 0 aromatic carbocycles. The Hall–Kier alpha value is -0.500. The van der Waals surface area contributed by atoms with E-state index >= 15 is 0 Å². The standard InChI is InChI=1S/C35H72NO7P/c1-6-8-10-12-14-15-16-17-18-19-20-21-22-23-24-26-28-35(37)43-34(32-40-30-27-25-13-11-9-7-2)33-42-44(38,39)41-31-29-36(3,4)5/h34H,6-33H2,1-5H3/p+1. The number of esters is 1. The average Bonchev–Trinajstić information content (AvgIpc) is 2.96. The fourth-order valence-corrected chi connectivity index (χ4v) is 5.76. The molecule has 0 aromatic rings. The van der Waals surface area contributed by atoms with Gasteiger partial charge >= 0.3 is 13.8 Å². The second-order valence-corrected chi connectivity index (χ2v) is 15.1. The lowest BCUT2D eigenvalue weighted by Crippen LogP contribution is -2.37. The van der Waals surface area contributed by atoms with E-state index in [1.807, 2.05) is 21.1 Å². The molecule has 0 amide bonds. The smallest absolute Gasteiger partial charge is 0.457 e. The first-order valence-corrected chi connectivity index (χ1v) is 19.8. The van der Waals surface area contributed by atoms with Crippen LogP contribution in [0.4, 0.5) is 0 Å². The largest absolute Gasteiger partial charge is 0.472 e. The SMILES string of the molecule is CCCCCCCCCCCCCCCCCCC(=O)OC(COCCCCCCCC)COP(=O)(O)OCC[N+](C)(C)C. The van der Waals surface area contributed by atoms with Gasteiger partial charge in [-0.3, -0.25) is 13.8 Å². The van der Waals surface area contributed by atoms with Crippen molar-refractivity contribution in [2.24, 2.45) is 0 Å². The van der Waals surface area contributed by atoms with Gasteiger partial charge in [0.1, 0.15) is 19.3 Å². The van der Waals surface area contributed by atoms with E-state index in [1.54, 1.807) is 0 Å². The van der Waals surface area contributed by atoms with Crippen LogP contribution in [0.1, 0.15) is 162 Å².